The molecule has 2 rings (SSSR count). The van der Waals surface area contributed by atoms with Gasteiger partial charge in [0, 0.05) is 5.02 Å². The third kappa shape index (κ3) is 3.29. The Bertz CT molecular complexity index is 539. The summed E-state index contributed by atoms with van der Waals surface area (Å²) in [5.41, 5.74) is 0.933. The molecule has 17 heavy (non-hydrogen) atoms. The van der Waals surface area contributed by atoms with Crippen molar-refractivity contribution < 1.29 is 14.3 Å². The predicted octanol–water partition coefficient (Wildman–Crippen LogP) is 1.94. The van der Waals surface area contributed by atoms with Crippen LogP contribution in [0.15, 0.2) is 28.7 Å². The first-order chi connectivity index (χ1) is 8.13. The maximum atomic E-state index is 10.4. The van der Waals surface area contributed by atoms with E-state index in [0.717, 1.165) is 5.56 Å². The summed E-state index contributed by atoms with van der Waals surface area (Å²) in [6.07, 6.45) is 0.176. The Morgan fingerprint density at radius 2 is 2.12 bits per heavy atom. The van der Waals surface area contributed by atoms with Crippen LogP contribution in [0.25, 0.3) is 0 Å². The summed E-state index contributed by atoms with van der Waals surface area (Å²) >= 11 is 5.84. The van der Waals surface area contributed by atoms with E-state index >= 15 is 0 Å². The van der Waals surface area contributed by atoms with Gasteiger partial charge in [-0.3, -0.25) is 4.79 Å². The minimum atomic E-state index is -0.997. The number of aliphatic carboxylic acids is 1. The van der Waals surface area contributed by atoms with E-state index in [9.17, 15) is 4.79 Å². The van der Waals surface area contributed by atoms with E-state index in [4.69, 9.17) is 21.1 Å². The number of nitrogens with zero attached hydrogens (tertiary/aromatic N) is 2. The first-order valence-electron chi connectivity index (χ1n) is 4.91. The number of hydrogen-bond donors (Lipinski definition) is 1. The maximum absolute atomic E-state index is 10.4. The number of halogens is 1. The SMILES string of the molecule is O=C(O)Cc1nnc(Cc2cccc(Cl)c2)o1. The highest BCUT2D eigenvalue weighted by atomic mass is 35.5. The van der Waals surface area contributed by atoms with Gasteiger partial charge in [-0.25, -0.2) is 0 Å². The first-order valence-corrected chi connectivity index (χ1v) is 5.29. The van der Waals surface area contributed by atoms with E-state index in [1.807, 2.05) is 12.1 Å². The zero-order valence-electron chi connectivity index (χ0n) is 8.76. The molecule has 0 saturated carbocycles. The van der Waals surface area contributed by atoms with E-state index in [2.05, 4.69) is 10.2 Å². The summed E-state index contributed by atoms with van der Waals surface area (Å²) < 4.78 is 5.19. The Morgan fingerprint density at radius 3 is 2.82 bits per heavy atom. The van der Waals surface area contributed by atoms with Crippen molar-refractivity contribution in [3.05, 3.63) is 46.6 Å². The molecule has 1 N–H and O–H groups in total. The molecule has 0 spiro atoms. The fourth-order valence-electron chi connectivity index (χ4n) is 1.38. The first kappa shape index (κ1) is 11.6. The molecule has 0 radical (unpaired) electrons. The summed E-state index contributed by atoms with van der Waals surface area (Å²) in [7, 11) is 0. The van der Waals surface area contributed by atoms with Crippen LogP contribution in [0, 0.1) is 0 Å². The lowest BCUT2D eigenvalue weighted by Gasteiger charge is -1.96. The molecular formula is C11H9ClN2O3. The Morgan fingerprint density at radius 1 is 1.35 bits per heavy atom. The molecule has 6 heteroatoms. The molecule has 2 aromatic rings. The van der Waals surface area contributed by atoms with Crippen LogP contribution in [0.2, 0.25) is 5.02 Å². The second-order valence-electron chi connectivity index (χ2n) is 3.47. The van der Waals surface area contributed by atoms with Gasteiger partial charge in [-0.2, -0.15) is 0 Å². The largest absolute Gasteiger partial charge is 0.481 e. The van der Waals surface area contributed by atoms with Crippen molar-refractivity contribution in [1.82, 2.24) is 10.2 Å². The highest BCUT2D eigenvalue weighted by molar-refractivity contribution is 6.30. The van der Waals surface area contributed by atoms with Gasteiger partial charge in [0.25, 0.3) is 0 Å². The molecule has 0 aliphatic heterocycles. The van der Waals surface area contributed by atoms with Gasteiger partial charge >= 0.3 is 5.97 Å². The van der Waals surface area contributed by atoms with E-state index in [1.54, 1.807) is 12.1 Å². The molecule has 5 nitrogen and oxygen atoms in total. The van der Waals surface area contributed by atoms with Crippen LogP contribution in [0.4, 0.5) is 0 Å². The Hall–Kier alpha value is -1.88. The number of hydrogen-bond acceptors (Lipinski definition) is 4. The monoisotopic (exact) mass is 252 g/mol. The van der Waals surface area contributed by atoms with Crippen LogP contribution in [0.1, 0.15) is 17.3 Å². The van der Waals surface area contributed by atoms with E-state index in [1.165, 1.54) is 0 Å². The molecule has 1 aromatic heterocycles. The molecule has 0 aliphatic carbocycles. The topological polar surface area (TPSA) is 76.2 Å². The Labute approximate surface area is 102 Å². The van der Waals surface area contributed by atoms with Crippen molar-refractivity contribution in [2.24, 2.45) is 0 Å². The van der Waals surface area contributed by atoms with Crippen molar-refractivity contribution >= 4 is 17.6 Å². The summed E-state index contributed by atoms with van der Waals surface area (Å²) in [4.78, 5) is 10.4. The van der Waals surface area contributed by atoms with Gasteiger partial charge < -0.3 is 9.52 Å². The van der Waals surface area contributed by atoms with Crippen LogP contribution in [-0.4, -0.2) is 21.3 Å². The van der Waals surface area contributed by atoms with Gasteiger partial charge in [-0.15, -0.1) is 10.2 Å². The lowest BCUT2D eigenvalue weighted by molar-refractivity contribution is -0.136. The van der Waals surface area contributed by atoms with Crippen LogP contribution in [0.5, 0.6) is 0 Å². The van der Waals surface area contributed by atoms with Gasteiger partial charge in [-0.1, -0.05) is 23.7 Å². The zero-order valence-corrected chi connectivity index (χ0v) is 9.52. The molecule has 0 amide bonds. The number of aromatic nitrogens is 2. The molecule has 0 atom stereocenters. The zero-order chi connectivity index (χ0) is 12.3. The van der Waals surface area contributed by atoms with Crippen molar-refractivity contribution in [2.45, 2.75) is 12.8 Å². The molecule has 0 saturated heterocycles. The smallest absolute Gasteiger partial charge is 0.312 e. The summed E-state index contributed by atoms with van der Waals surface area (Å²) in [5.74, 6) is -0.513. The van der Waals surface area contributed by atoms with Gasteiger partial charge in [0.2, 0.25) is 11.8 Å². The normalized spacial score (nSPS) is 10.4. The van der Waals surface area contributed by atoms with Gasteiger partial charge in [0.1, 0.15) is 6.42 Å². The quantitative estimate of drug-likeness (QED) is 0.900. The fourth-order valence-corrected chi connectivity index (χ4v) is 1.60. The molecular weight excluding hydrogens is 244 g/mol. The Kier molecular flexibility index (Phi) is 3.39. The number of carboxylic acids is 1. The molecule has 0 unspecified atom stereocenters. The molecule has 0 fully saturated rings. The average Bonchev–Trinajstić information content (AvgIpc) is 2.64. The van der Waals surface area contributed by atoms with Gasteiger partial charge in [-0.05, 0) is 17.7 Å². The molecule has 0 bridgehead atoms. The van der Waals surface area contributed by atoms with Gasteiger partial charge in [0.15, 0.2) is 0 Å². The molecule has 0 aliphatic rings. The third-order valence-corrected chi connectivity index (χ3v) is 2.29. The van der Waals surface area contributed by atoms with Crippen LogP contribution >= 0.6 is 11.6 Å². The summed E-state index contributed by atoms with van der Waals surface area (Å²) in [5, 5.41) is 16.6. The highest BCUT2D eigenvalue weighted by Gasteiger charge is 2.10. The van der Waals surface area contributed by atoms with E-state index in [0.29, 0.717) is 17.3 Å². The number of benzene rings is 1. The van der Waals surface area contributed by atoms with Crippen LogP contribution in [-0.2, 0) is 17.6 Å². The van der Waals surface area contributed by atoms with E-state index < -0.39 is 5.97 Å². The minimum absolute atomic E-state index is 0.106. The summed E-state index contributed by atoms with van der Waals surface area (Å²) in [6, 6.07) is 7.27. The van der Waals surface area contributed by atoms with Crippen LogP contribution in [0.3, 0.4) is 0 Å². The maximum Gasteiger partial charge on any atom is 0.312 e. The number of rotatable bonds is 4. The molecule has 1 heterocycles. The lowest BCUT2D eigenvalue weighted by Crippen LogP contribution is -1.99. The second-order valence-corrected chi connectivity index (χ2v) is 3.90. The average molecular weight is 253 g/mol. The van der Waals surface area contributed by atoms with Crippen LogP contribution < -0.4 is 0 Å². The molecule has 1 aromatic carbocycles. The Balaban J connectivity index is 2.08. The fraction of sp³-hybridized carbons (Fsp3) is 0.182. The second kappa shape index (κ2) is 4.97. The van der Waals surface area contributed by atoms with Crippen molar-refractivity contribution in [3.8, 4) is 0 Å². The predicted molar refractivity (Wildman–Crippen MR) is 59.9 cm³/mol. The number of carboxylic acid groups (broad SMARTS) is 1. The number of carbonyl (C=O) groups is 1. The van der Waals surface area contributed by atoms with Gasteiger partial charge in [0.05, 0.1) is 6.42 Å². The summed E-state index contributed by atoms with van der Waals surface area (Å²) in [6.45, 7) is 0. The molecule has 88 valence electrons. The minimum Gasteiger partial charge on any atom is -0.481 e. The van der Waals surface area contributed by atoms with Crippen molar-refractivity contribution in [1.29, 1.82) is 0 Å². The third-order valence-electron chi connectivity index (χ3n) is 2.06. The van der Waals surface area contributed by atoms with Crippen molar-refractivity contribution in [2.75, 3.05) is 0 Å². The van der Waals surface area contributed by atoms with E-state index in [-0.39, 0.29) is 12.3 Å². The highest BCUT2D eigenvalue weighted by Crippen LogP contribution is 2.14. The lowest BCUT2D eigenvalue weighted by atomic mass is 10.1. The standard InChI is InChI=1S/C11H9ClN2O3/c12-8-3-1-2-7(4-8)5-9-13-14-10(17-9)6-11(15)16/h1-4H,5-6H2,(H,15,16). The van der Waals surface area contributed by atoms with Crippen molar-refractivity contribution in [3.63, 3.8) is 0 Å².